The zero-order valence-electron chi connectivity index (χ0n) is 19.2. The molecule has 0 atom stereocenters. The van der Waals surface area contributed by atoms with Gasteiger partial charge in [0.2, 0.25) is 0 Å². The van der Waals surface area contributed by atoms with Gasteiger partial charge >= 0.3 is 6.18 Å². The number of halogens is 5. The van der Waals surface area contributed by atoms with Crippen LogP contribution in [0.2, 0.25) is 5.02 Å². The van der Waals surface area contributed by atoms with Crippen molar-refractivity contribution in [1.82, 2.24) is 9.47 Å². The van der Waals surface area contributed by atoms with E-state index in [1.54, 1.807) is 30.3 Å². The topological polar surface area (TPSA) is 59.4 Å². The average Bonchev–Trinajstić information content (AvgIpc) is 3.03. The van der Waals surface area contributed by atoms with Crippen LogP contribution in [0.3, 0.4) is 0 Å². The molecule has 0 aliphatic carbocycles. The highest BCUT2D eigenvalue weighted by molar-refractivity contribution is 7.90. The van der Waals surface area contributed by atoms with E-state index in [2.05, 4.69) is 0 Å². The Hall–Kier alpha value is -2.85. The van der Waals surface area contributed by atoms with Crippen molar-refractivity contribution >= 4 is 27.3 Å². The number of alkyl halides is 3. The first-order valence-electron chi connectivity index (χ1n) is 10.4. The van der Waals surface area contributed by atoms with Gasteiger partial charge in [0.1, 0.15) is 27.0 Å². The fraction of sp³-hybridized carbons (Fsp3) is 0.292. The van der Waals surface area contributed by atoms with Crippen molar-refractivity contribution in [3.05, 3.63) is 81.9 Å². The monoisotopic (exact) mass is 530 g/mol. The quantitative estimate of drug-likeness (QED) is 0.382. The summed E-state index contributed by atoms with van der Waals surface area (Å²) in [5.74, 6) is -2.14. The zero-order chi connectivity index (χ0) is 26.1. The molecule has 1 aromatic heterocycles. The number of benzene rings is 2. The molecule has 0 bridgehead atoms. The van der Waals surface area contributed by atoms with Crippen LogP contribution in [-0.4, -0.2) is 49.4 Å². The van der Waals surface area contributed by atoms with Gasteiger partial charge in [-0.25, -0.2) is 12.8 Å². The molecule has 0 spiro atoms. The highest BCUT2D eigenvalue weighted by atomic mass is 35.5. The van der Waals surface area contributed by atoms with Crippen LogP contribution >= 0.6 is 11.6 Å². The lowest BCUT2D eigenvalue weighted by atomic mass is 9.99. The normalized spacial score (nSPS) is 12.1. The Balaban J connectivity index is 2.32. The molecule has 0 fully saturated rings. The maximum absolute atomic E-state index is 15.0. The largest absolute Gasteiger partial charge is 0.431 e. The molecule has 3 rings (SSSR count). The van der Waals surface area contributed by atoms with Crippen molar-refractivity contribution in [2.24, 2.45) is 0 Å². The SMILES string of the molecule is Cc1c(-c2ccc(Cl)cc2F)c(C(=O)N(C)CCS(C)(=O)=O)n(Cc2ccccc2)c1C(F)(F)F. The van der Waals surface area contributed by atoms with E-state index in [4.69, 9.17) is 11.6 Å². The van der Waals surface area contributed by atoms with Crippen LogP contribution in [0, 0.1) is 12.7 Å². The van der Waals surface area contributed by atoms with Gasteiger partial charge < -0.3 is 9.47 Å². The summed E-state index contributed by atoms with van der Waals surface area (Å²) in [6.45, 7) is 0.616. The van der Waals surface area contributed by atoms with Crippen molar-refractivity contribution in [2.75, 3.05) is 25.6 Å². The predicted molar refractivity (Wildman–Crippen MR) is 127 cm³/mol. The number of sulfone groups is 1. The van der Waals surface area contributed by atoms with Gasteiger partial charge in [-0.1, -0.05) is 41.9 Å². The average molecular weight is 531 g/mol. The Morgan fingerprint density at radius 1 is 1.11 bits per heavy atom. The highest BCUT2D eigenvalue weighted by Gasteiger charge is 2.42. The lowest BCUT2D eigenvalue weighted by Crippen LogP contribution is -2.33. The number of rotatable bonds is 7. The van der Waals surface area contributed by atoms with Gasteiger partial charge in [-0.2, -0.15) is 13.2 Å². The number of carbonyl (C=O) groups is 1. The minimum absolute atomic E-state index is 0.0433. The second-order valence-corrected chi connectivity index (χ2v) is 10.9. The van der Waals surface area contributed by atoms with E-state index < -0.39 is 39.1 Å². The minimum atomic E-state index is -4.86. The number of carbonyl (C=O) groups excluding carboxylic acids is 1. The van der Waals surface area contributed by atoms with E-state index in [0.717, 1.165) is 21.8 Å². The number of aromatic nitrogens is 1. The van der Waals surface area contributed by atoms with E-state index in [-0.39, 0.29) is 40.6 Å². The second kappa shape index (κ2) is 10.0. The van der Waals surface area contributed by atoms with Crippen molar-refractivity contribution < 1.29 is 30.8 Å². The third-order valence-electron chi connectivity index (χ3n) is 5.51. The van der Waals surface area contributed by atoms with Crippen molar-refractivity contribution in [2.45, 2.75) is 19.6 Å². The molecule has 1 amide bonds. The van der Waals surface area contributed by atoms with Gasteiger partial charge in [-0.05, 0) is 36.2 Å². The van der Waals surface area contributed by atoms with E-state index in [1.165, 1.54) is 26.1 Å². The second-order valence-electron chi connectivity index (χ2n) is 8.25. The summed E-state index contributed by atoms with van der Waals surface area (Å²) in [7, 11) is -2.16. The summed E-state index contributed by atoms with van der Waals surface area (Å²) in [5, 5.41) is 0.0433. The molecule has 0 N–H and O–H groups in total. The molecule has 2 aromatic carbocycles. The molecule has 0 saturated heterocycles. The van der Waals surface area contributed by atoms with Gasteiger partial charge in [-0.15, -0.1) is 0 Å². The molecule has 188 valence electrons. The van der Waals surface area contributed by atoms with Crippen LogP contribution in [0.25, 0.3) is 11.1 Å². The first-order chi connectivity index (χ1) is 16.2. The zero-order valence-corrected chi connectivity index (χ0v) is 20.7. The van der Waals surface area contributed by atoms with E-state index in [0.29, 0.717) is 5.56 Å². The summed E-state index contributed by atoms with van der Waals surface area (Å²) < 4.78 is 81.9. The molecule has 0 aliphatic heterocycles. The van der Waals surface area contributed by atoms with Crippen LogP contribution in [0.15, 0.2) is 48.5 Å². The summed E-state index contributed by atoms with van der Waals surface area (Å²) in [5.41, 5.74) is -1.76. The van der Waals surface area contributed by atoms with Crippen LogP contribution < -0.4 is 0 Å². The smallest absolute Gasteiger partial charge is 0.339 e. The van der Waals surface area contributed by atoms with E-state index >= 15 is 0 Å². The fourth-order valence-electron chi connectivity index (χ4n) is 3.86. The number of hydrogen-bond acceptors (Lipinski definition) is 3. The lowest BCUT2D eigenvalue weighted by molar-refractivity contribution is -0.143. The Bertz CT molecular complexity index is 1350. The van der Waals surface area contributed by atoms with Gasteiger partial charge in [0.15, 0.2) is 0 Å². The molecule has 5 nitrogen and oxygen atoms in total. The number of hydrogen-bond donors (Lipinski definition) is 0. The molecule has 0 aliphatic rings. The van der Waals surface area contributed by atoms with Crippen molar-refractivity contribution in [1.29, 1.82) is 0 Å². The fourth-order valence-corrected chi connectivity index (χ4v) is 4.63. The molecule has 3 aromatic rings. The van der Waals surface area contributed by atoms with E-state index in [9.17, 15) is 30.8 Å². The van der Waals surface area contributed by atoms with Crippen molar-refractivity contribution in [3.63, 3.8) is 0 Å². The minimum Gasteiger partial charge on any atom is -0.339 e. The molecule has 1 heterocycles. The maximum atomic E-state index is 15.0. The molecule has 11 heteroatoms. The van der Waals surface area contributed by atoms with Gasteiger partial charge in [0.05, 0.1) is 5.75 Å². The molecule has 35 heavy (non-hydrogen) atoms. The van der Waals surface area contributed by atoms with Gasteiger partial charge in [-0.3, -0.25) is 4.79 Å². The Kier molecular flexibility index (Phi) is 7.66. The Labute approximate surface area is 205 Å². The number of nitrogens with zero attached hydrogens (tertiary/aromatic N) is 2. The highest BCUT2D eigenvalue weighted by Crippen LogP contribution is 2.42. The summed E-state index contributed by atoms with van der Waals surface area (Å²) in [4.78, 5) is 14.6. The Morgan fingerprint density at radius 2 is 1.74 bits per heavy atom. The molecule has 0 unspecified atom stereocenters. The molecular formula is C24H23ClF4N2O3S. The molecule has 0 radical (unpaired) electrons. The van der Waals surface area contributed by atoms with Crippen LogP contribution in [-0.2, 0) is 22.6 Å². The first kappa shape index (κ1) is 26.7. The van der Waals surface area contributed by atoms with Gasteiger partial charge in [0.25, 0.3) is 5.91 Å². The van der Waals surface area contributed by atoms with Crippen molar-refractivity contribution in [3.8, 4) is 11.1 Å². The van der Waals surface area contributed by atoms with Gasteiger partial charge in [0, 0.05) is 42.5 Å². The lowest BCUT2D eigenvalue weighted by Gasteiger charge is -2.21. The van der Waals surface area contributed by atoms with Crippen LogP contribution in [0.1, 0.15) is 27.3 Å². The first-order valence-corrected chi connectivity index (χ1v) is 12.9. The third kappa shape index (κ3) is 6.05. The maximum Gasteiger partial charge on any atom is 0.431 e. The standard InChI is InChI=1S/C24H23ClF4N2O3S/c1-15-20(18-10-9-17(25)13-19(18)26)21(23(32)30(2)11-12-35(3,33)34)31(22(15)24(27,28)29)14-16-7-5-4-6-8-16/h4-10,13H,11-12,14H2,1-3H3. The predicted octanol–water partition coefficient (Wildman–Crippen LogP) is 5.44. The van der Waals surface area contributed by atoms with Crippen LogP contribution in [0.5, 0.6) is 0 Å². The van der Waals surface area contributed by atoms with E-state index in [1.807, 2.05) is 0 Å². The summed E-state index contributed by atoms with van der Waals surface area (Å²) in [6, 6.07) is 11.7. The molecular weight excluding hydrogens is 508 g/mol. The third-order valence-corrected chi connectivity index (χ3v) is 6.67. The Morgan fingerprint density at radius 3 is 2.29 bits per heavy atom. The molecule has 0 saturated carbocycles. The number of amides is 1. The summed E-state index contributed by atoms with van der Waals surface area (Å²) >= 11 is 5.84. The summed E-state index contributed by atoms with van der Waals surface area (Å²) in [6.07, 6.45) is -3.87. The van der Waals surface area contributed by atoms with Crippen LogP contribution in [0.4, 0.5) is 17.6 Å².